The fourth-order valence-electron chi connectivity index (χ4n) is 1.43. The van der Waals surface area contributed by atoms with Crippen molar-refractivity contribution in [2.75, 3.05) is 6.54 Å². The van der Waals surface area contributed by atoms with Crippen LogP contribution in [0.25, 0.3) is 0 Å². The number of thiocarbonyl (C=S) groups is 1. The van der Waals surface area contributed by atoms with Crippen LogP contribution in [0.5, 0.6) is 0 Å². The minimum atomic E-state index is -0.395. The maximum Gasteiger partial charge on any atom is 0.242 e. The van der Waals surface area contributed by atoms with Crippen LogP contribution in [-0.2, 0) is 11.3 Å². The second-order valence-electron chi connectivity index (χ2n) is 4.07. The highest BCUT2D eigenvalue weighted by Gasteiger charge is 2.12. The van der Waals surface area contributed by atoms with Crippen LogP contribution in [0.4, 0.5) is 4.39 Å². The van der Waals surface area contributed by atoms with E-state index in [2.05, 4.69) is 16.0 Å². The monoisotopic (exact) mass is 283 g/mol. The number of carbonyl (C=O) groups excluding carboxylic acids is 1. The van der Waals surface area contributed by atoms with Crippen molar-refractivity contribution in [3.8, 4) is 0 Å². The summed E-state index contributed by atoms with van der Waals surface area (Å²) >= 11 is 5.08. The highest BCUT2D eigenvalue weighted by molar-refractivity contribution is 7.80. The Balaban J connectivity index is 2.35. The van der Waals surface area contributed by atoms with Crippen molar-refractivity contribution in [3.63, 3.8) is 0 Å². The van der Waals surface area contributed by atoms with Gasteiger partial charge in [0.2, 0.25) is 5.91 Å². The molecule has 4 nitrogen and oxygen atoms in total. The van der Waals surface area contributed by atoms with Gasteiger partial charge >= 0.3 is 0 Å². The molecule has 3 N–H and O–H groups in total. The predicted octanol–water partition coefficient (Wildman–Crippen LogP) is 1.31. The molecule has 0 spiro atoms. The second-order valence-corrected chi connectivity index (χ2v) is 4.48. The molecule has 0 aliphatic rings. The van der Waals surface area contributed by atoms with Crippen LogP contribution < -0.4 is 16.0 Å². The van der Waals surface area contributed by atoms with Crippen LogP contribution in [-0.4, -0.2) is 23.6 Å². The summed E-state index contributed by atoms with van der Waals surface area (Å²) in [6.45, 7) is 4.65. The van der Waals surface area contributed by atoms with Gasteiger partial charge in [-0.05, 0) is 43.8 Å². The molecule has 0 aromatic heterocycles. The van der Waals surface area contributed by atoms with Crippen molar-refractivity contribution in [2.45, 2.75) is 26.4 Å². The minimum absolute atomic E-state index is 0.103. The molecular formula is C13H18FN3OS. The average molecular weight is 283 g/mol. The van der Waals surface area contributed by atoms with E-state index in [0.29, 0.717) is 18.2 Å². The van der Waals surface area contributed by atoms with Gasteiger partial charge in [-0.25, -0.2) is 4.39 Å². The molecule has 1 amide bonds. The van der Waals surface area contributed by atoms with Gasteiger partial charge in [-0.2, -0.15) is 0 Å². The highest BCUT2D eigenvalue weighted by atomic mass is 32.1. The number of amides is 1. The van der Waals surface area contributed by atoms with E-state index >= 15 is 0 Å². The van der Waals surface area contributed by atoms with E-state index < -0.39 is 6.04 Å². The lowest BCUT2D eigenvalue weighted by molar-refractivity contribution is -0.122. The quantitative estimate of drug-likeness (QED) is 0.713. The second kappa shape index (κ2) is 7.68. The fourth-order valence-corrected chi connectivity index (χ4v) is 1.67. The van der Waals surface area contributed by atoms with Gasteiger partial charge < -0.3 is 16.0 Å². The average Bonchev–Trinajstić information content (AvgIpc) is 2.38. The Bertz CT molecular complexity index is 436. The van der Waals surface area contributed by atoms with Gasteiger partial charge in [0.1, 0.15) is 11.9 Å². The SMILES string of the molecule is CCNC(=O)[C@@H](C)NC(=S)NCc1ccc(F)cc1. The summed E-state index contributed by atoms with van der Waals surface area (Å²) in [6, 6.07) is 5.75. The summed E-state index contributed by atoms with van der Waals surface area (Å²) in [7, 11) is 0. The number of benzene rings is 1. The molecule has 0 bridgehead atoms. The molecule has 0 radical (unpaired) electrons. The van der Waals surface area contributed by atoms with Gasteiger partial charge in [0, 0.05) is 13.1 Å². The van der Waals surface area contributed by atoms with Gasteiger partial charge in [0.15, 0.2) is 5.11 Å². The summed E-state index contributed by atoms with van der Waals surface area (Å²) < 4.78 is 12.7. The summed E-state index contributed by atoms with van der Waals surface area (Å²) in [5.41, 5.74) is 0.913. The molecule has 0 unspecified atom stereocenters. The lowest BCUT2D eigenvalue weighted by Crippen LogP contribution is -2.48. The van der Waals surface area contributed by atoms with Crippen LogP contribution in [0.3, 0.4) is 0 Å². The standard InChI is InChI=1S/C13H18FN3OS/c1-3-15-12(18)9(2)17-13(19)16-8-10-4-6-11(14)7-5-10/h4-7,9H,3,8H2,1-2H3,(H,15,18)(H2,16,17,19)/t9-/m1/s1. The molecule has 0 saturated carbocycles. The number of rotatable bonds is 5. The Kier molecular flexibility index (Phi) is 6.21. The fraction of sp³-hybridized carbons (Fsp3) is 0.385. The Hall–Kier alpha value is -1.69. The van der Waals surface area contributed by atoms with Crippen molar-refractivity contribution >= 4 is 23.2 Å². The molecule has 0 aliphatic carbocycles. The van der Waals surface area contributed by atoms with Crippen molar-refractivity contribution in [1.82, 2.24) is 16.0 Å². The van der Waals surface area contributed by atoms with Gasteiger partial charge in [-0.3, -0.25) is 4.79 Å². The molecule has 19 heavy (non-hydrogen) atoms. The van der Waals surface area contributed by atoms with Gasteiger partial charge in [0.05, 0.1) is 0 Å². The van der Waals surface area contributed by atoms with Crippen molar-refractivity contribution in [3.05, 3.63) is 35.6 Å². The zero-order valence-electron chi connectivity index (χ0n) is 11.0. The lowest BCUT2D eigenvalue weighted by Gasteiger charge is -2.16. The molecule has 104 valence electrons. The number of likely N-dealkylation sites (N-methyl/N-ethyl adjacent to an activating group) is 1. The first kappa shape index (κ1) is 15.4. The van der Waals surface area contributed by atoms with Crippen LogP contribution in [0.15, 0.2) is 24.3 Å². The normalized spacial score (nSPS) is 11.5. The number of carbonyl (C=O) groups is 1. The third-order valence-electron chi connectivity index (χ3n) is 2.46. The van der Waals surface area contributed by atoms with E-state index in [4.69, 9.17) is 12.2 Å². The molecule has 6 heteroatoms. The lowest BCUT2D eigenvalue weighted by atomic mass is 10.2. The minimum Gasteiger partial charge on any atom is -0.359 e. The molecule has 0 aliphatic heterocycles. The number of halogens is 1. The van der Waals surface area contributed by atoms with Crippen molar-refractivity contribution < 1.29 is 9.18 Å². The third-order valence-corrected chi connectivity index (χ3v) is 2.72. The van der Waals surface area contributed by atoms with E-state index in [-0.39, 0.29) is 11.7 Å². The van der Waals surface area contributed by atoms with Crippen molar-refractivity contribution in [1.29, 1.82) is 0 Å². The summed E-state index contributed by atoms with van der Waals surface area (Å²) in [4.78, 5) is 11.5. The Morgan fingerprint density at radius 3 is 2.53 bits per heavy atom. The van der Waals surface area contributed by atoms with Crippen LogP contribution >= 0.6 is 12.2 Å². The zero-order chi connectivity index (χ0) is 14.3. The largest absolute Gasteiger partial charge is 0.359 e. The third kappa shape index (κ3) is 5.65. The van der Waals surface area contributed by atoms with Crippen LogP contribution in [0, 0.1) is 5.82 Å². The highest BCUT2D eigenvalue weighted by Crippen LogP contribution is 2.01. The Morgan fingerprint density at radius 2 is 1.95 bits per heavy atom. The van der Waals surface area contributed by atoms with E-state index in [1.165, 1.54) is 12.1 Å². The Labute approximate surface area is 117 Å². The molecule has 0 saturated heterocycles. The van der Waals surface area contributed by atoms with Crippen molar-refractivity contribution in [2.24, 2.45) is 0 Å². The predicted molar refractivity (Wildman–Crippen MR) is 77.1 cm³/mol. The molecular weight excluding hydrogens is 265 g/mol. The first-order valence-electron chi connectivity index (χ1n) is 6.09. The van der Waals surface area contributed by atoms with E-state index in [0.717, 1.165) is 5.56 Å². The van der Waals surface area contributed by atoms with Crippen LogP contribution in [0.1, 0.15) is 19.4 Å². The first-order valence-corrected chi connectivity index (χ1v) is 6.50. The maximum atomic E-state index is 12.7. The summed E-state index contributed by atoms with van der Waals surface area (Å²) in [6.07, 6.45) is 0. The number of hydrogen-bond donors (Lipinski definition) is 3. The maximum absolute atomic E-state index is 12.7. The molecule has 0 heterocycles. The molecule has 0 fully saturated rings. The molecule has 1 rings (SSSR count). The number of hydrogen-bond acceptors (Lipinski definition) is 2. The van der Waals surface area contributed by atoms with E-state index in [1.807, 2.05) is 6.92 Å². The zero-order valence-corrected chi connectivity index (χ0v) is 11.8. The molecule has 1 aromatic rings. The van der Waals surface area contributed by atoms with Gasteiger partial charge in [0.25, 0.3) is 0 Å². The Morgan fingerprint density at radius 1 is 1.32 bits per heavy atom. The van der Waals surface area contributed by atoms with E-state index in [1.54, 1.807) is 19.1 Å². The number of nitrogens with one attached hydrogen (secondary N) is 3. The molecule has 1 aromatic carbocycles. The summed E-state index contributed by atoms with van der Waals surface area (Å²) in [5.74, 6) is -0.372. The van der Waals surface area contributed by atoms with E-state index in [9.17, 15) is 9.18 Å². The van der Waals surface area contributed by atoms with Crippen LogP contribution in [0.2, 0.25) is 0 Å². The van der Waals surface area contributed by atoms with Gasteiger partial charge in [-0.1, -0.05) is 12.1 Å². The smallest absolute Gasteiger partial charge is 0.242 e. The summed E-state index contributed by atoms with van der Waals surface area (Å²) in [5, 5.41) is 8.94. The topological polar surface area (TPSA) is 53.2 Å². The van der Waals surface area contributed by atoms with Gasteiger partial charge in [-0.15, -0.1) is 0 Å². The first-order chi connectivity index (χ1) is 9.02. The molecule has 1 atom stereocenters.